The highest BCUT2D eigenvalue weighted by Gasteiger charge is 2.56. The van der Waals surface area contributed by atoms with Gasteiger partial charge in [-0.25, -0.2) is 4.68 Å². The van der Waals surface area contributed by atoms with Gasteiger partial charge in [-0.2, -0.15) is 18.3 Å². The molecule has 1 amide bonds. The summed E-state index contributed by atoms with van der Waals surface area (Å²) in [5.41, 5.74) is 0.381. The van der Waals surface area contributed by atoms with Gasteiger partial charge in [0.05, 0.1) is 5.69 Å². The lowest BCUT2D eigenvalue weighted by molar-refractivity contribution is -0.175. The molecule has 2 aliphatic heterocycles. The molecule has 5 nitrogen and oxygen atoms in total. The summed E-state index contributed by atoms with van der Waals surface area (Å²) in [7, 11) is 0. The van der Waals surface area contributed by atoms with Crippen LogP contribution in [0.25, 0.3) is 0 Å². The summed E-state index contributed by atoms with van der Waals surface area (Å²) >= 11 is 0. The molecule has 1 aromatic heterocycles. The third kappa shape index (κ3) is 3.74. The van der Waals surface area contributed by atoms with Crippen molar-refractivity contribution < 1.29 is 18.0 Å². The van der Waals surface area contributed by atoms with Crippen molar-refractivity contribution in [3.8, 4) is 0 Å². The van der Waals surface area contributed by atoms with Gasteiger partial charge < -0.3 is 10.2 Å². The molecule has 1 saturated heterocycles. The lowest BCUT2D eigenvalue weighted by Gasteiger charge is -2.39. The van der Waals surface area contributed by atoms with E-state index in [1.165, 1.54) is 25.7 Å². The Morgan fingerprint density at radius 1 is 1.13 bits per heavy atom. The largest absolute Gasteiger partial charge is 0.410 e. The zero-order chi connectivity index (χ0) is 22.1. The van der Waals surface area contributed by atoms with E-state index in [9.17, 15) is 18.0 Å². The molecule has 1 aromatic rings. The molecule has 0 aromatic carbocycles. The van der Waals surface area contributed by atoms with Gasteiger partial charge in [-0.15, -0.1) is 0 Å². The van der Waals surface area contributed by atoms with Gasteiger partial charge in [-0.05, 0) is 42.9 Å². The Morgan fingerprint density at radius 3 is 2.42 bits per heavy atom. The topological polar surface area (TPSA) is 50.2 Å². The van der Waals surface area contributed by atoms with Gasteiger partial charge in [0.25, 0.3) is 0 Å². The van der Waals surface area contributed by atoms with Crippen LogP contribution in [0.3, 0.4) is 0 Å². The number of carbonyl (C=O) groups is 1. The molecule has 2 saturated carbocycles. The van der Waals surface area contributed by atoms with Gasteiger partial charge in [0, 0.05) is 37.0 Å². The van der Waals surface area contributed by atoms with Gasteiger partial charge in [0.1, 0.15) is 5.82 Å². The highest BCUT2D eigenvalue weighted by molar-refractivity contribution is 5.82. The van der Waals surface area contributed by atoms with Crippen LogP contribution in [0.2, 0.25) is 0 Å². The molecule has 3 heterocycles. The zero-order valence-corrected chi connectivity index (χ0v) is 18.6. The molecule has 0 radical (unpaired) electrons. The SMILES string of the molecule is CC(C)(C)[C@@H]1C[C@H](C(F)(F)F)n2nc([C@@H]3CCN(C(=O)C4[C@H]5CCCC[C@@H]45)C3)cc2N1. The molecule has 1 unspecified atom stereocenters. The maximum atomic E-state index is 13.8. The number of alkyl halides is 3. The van der Waals surface area contributed by atoms with Crippen LogP contribution >= 0.6 is 0 Å². The van der Waals surface area contributed by atoms with Crippen molar-refractivity contribution >= 4 is 11.7 Å². The van der Waals surface area contributed by atoms with E-state index >= 15 is 0 Å². The van der Waals surface area contributed by atoms with Crippen LogP contribution in [0.4, 0.5) is 19.0 Å². The van der Waals surface area contributed by atoms with Crippen molar-refractivity contribution in [1.29, 1.82) is 0 Å². The van der Waals surface area contributed by atoms with Crippen LogP contribution in [0.15, 0.2) is 6.07 Å². The van der Waals surface area contributed by atoms with Crippen molar-refractivity contribution in [3.05, 3.63) is 11.8 Å². The molecular weight excluding hydrogens is 405 g/mol. The molecule has 5 rings (SSSR count). The van der Waals surface area contributed by atoms with Crippen molar-refractivity contribution in [1.82, 2.24) is 14.7 Å². The number of likely N-dealkylation sites (tertiary alicyclic amines) is 1. The Hall–Kier alpha value is -1.73. The van der Waals surface area contributed by atoms with E-state index in [4.69, 9.17) is 0 Å². The number of anilines is 1. The van der Waals surface area contributed by atoms with E-state index in [0.29, 0.717) is 36.4 Å². The van der Waals surface area contributed by atoms with Crippen LogP contribution in [0.5, 0.6) is 0 Å². The molecule has 0 bridgehead atoms. The second-order valence-corrected chi connectivity index (χ2v) is 11.2. The number of hydrogen-bond acceptors (Lipinski definition) is 3. The van der Waals surface area contributed by atoms with Crippen LogP contribution < -0.4 is 5.32 Å². The Balaban J connectivity index is 1.32. The minimum atomic E-state index is -4.34. The number of rotatable bonds is 2. The number of carbonyl (C=O) groups excluding carboxylic acids is 1. The molecule has 2 aliphatic carbocycles. The fraction of sp³-hybridized carbons (Fsp3) is 0.826. The number of hydrogen-bond donors (Lipinski definition) is 1. The van der Waals surface area contributed by atoms with E-state index < -0.39 is 12.2 Å². The fourth-order valence-corrected chi connectivity index (χ4v) is 6.13. The standard InChI is InChI=1S/C23H33F3N4O/c1-22(2,3)17-11-18(23(24,25)26)30-19(27-17)10-16(28-30)13-8-9-29(12-13)21(31)20-14-6-4-5-7-15(14)20/h10,13-15,17-18,20,27H,4-9,11-12H2,1-3H3/t13-,14-,15+,17+,18-,20?/m1/s1. The predicted octanol–water partition coefficient (Wildman–Crippen LogP) is 4.97. The maximum absolute atomic E-state index is 13.8. The summed E-state index contributed by atoms with van der Waals surface area (Å²) in [4.78, 5) is 15.0. The third-order valence-corrected chi connectivity index (χ3v) is 8.11. The first-order valence-electron chi connectivity index (χ1n) is 11.8. The van der Waals surface area contributed by atoms with Gasteiger partial charge in [-0.1, -0.05) is 33.6 Å². The van der Waals surface area contributed by atoms with Gasteiger partial charge in [0.2, 0.25) is 5.91 Å². The summed E-state index contributed by atoms with van der Waals surface area (Å²) in [6, 6.07) is -0.113. The number of aromatic nitrogens is 2. The van der Waals surface area contributed by atoms with Gasteiger partial charge in [-0.3, -0.25) is 4.79 Å². The van der Waals surface area contributed by atoms with Crippen molar-refractivity contribution in [3.63, 3.8) is 0 Å². The highest BCUT2D eigenvalue weighted by Crippen LogP contribution is 2.56. The molecule has 1 N–H and O–H groups in total. The molecule has 6 atom stereocenters. The lowest BCUT2D eigenvalue weighted by atomic mass is 9.82. The zero-order valence-electron chi connectivity index (χ0n) is 18.6. The molecule has 3 fully saturated rings. The van der Waals surface area contributed by atoms with Crippen molar-refractivity contribution in [2.24, 2.45) is 23.2 Å². The predicted molar refractivity (Wildman–Crippen MR) is 112 cm³/mol. The fourth-order valence-electron chi connectivity index (χ4n) is 6.13. The van der Waals surface area contributed by atoms with E-state index in [1.54, 1.807) is 6.07 Å². The Morgan fingerprint density at radius 2 is 1.81 bits per heavy atom. The Labute approximate surface area is 181 Å². The number of nitrogens with zero attached hydrogens (tertiary/aromatic N) is 3. The van der Waals surface area contributed by atoms with Crippen LogP contribution in [-0.2, 0) is 4.79 Å². The smallest absolute Gasteiger partial charge is 0.367 e. The third-order valence-electron chi connectivity index (χ3n) is 8.11. The monoisotopic (exact) mass is 438 g/mol. The van der Waals surface area contributed by atoms with Gasteiger partial charge in [0.15, 0.2) is 6.04 Å². The second-order valence-electron chi connectivity index (χ2n) is 11.2. The first-order valence-corrected chi connectivity index (χ1v) is 11.8. The van der Waals surface area contributed by atoms with Crippen LogP contribution in [0, 0.1) is 23.2 Å². The number of amides is 1. The van der Waals surface area contributed by atoms with Gasteiger partial charge >= 0.3 is 6.18 Å². The van der Waals surface area contributed by atoms with Crippen molar-refractivity contribution in [2.45, 2.75) is 83.5 Å². The summed E-state index contributed by atoms with van der Waals surface area (Å²) in [6.07, 6.45) is 1.21. The number of fused-ring (bicyclic) bond motifs is 2. The van der Waals surface area contributed by atoms with E-state index in [1.807, 2.05) is 25.7 Å². The number of nitrogens with one attached hydrogen (secondary N) is 1. The first kappa shape index (κ1) is 21.1. The summed E-state index contributed by atoms with van der Waals surface area (Å²) in [5, 5.41) is 7.72. The minimum Gasteiger partial charge on any atom is -0.367 e. The Bertz CT molecular complexity index is 846. The van der Waals surface area contributed by atoms with E-state index in [2.05, 4.69) is 10.4 Å². The first-order chi connectivity index (χ1) is 14.5. The maximum Gasteiger partial charge on any atom is 0.410 e. The second kappa shape index (κ2) is 7.14. The minimum absolute atomic E-state index is 0.00611. The van der Waals surface area contributed by atoms with E-state index in [0.717, 1.165) is 11.1 Å². The molecule has 0 spiro atoms. The molecule has 31 heavy (non-hydrogen) atoms. The van der Waals surface area contributed by atoms with Crippen LogP contribution in [-0.4, -0.2) is 45.9 Å². The summed E-state index contributed by atoms with van der Waals surface area (Å²) in [6.45, 7) is 7.13. The normalized spacial score (nSPS) is 35.4. The average Bonchev–Trinajstić information content (AvgIpc) is 3.02. The summed E-state index contributed by atoms with van der Waals surface area (Å²) < 4.78 is 42.6. The summed E-state index contributed by atoms with van der Waals surface area (Å²) in [5.74, 6) is 2.06. The quantitative estimate of drug-likeness (QED) is 0.709. The number of halogens is 3. The molecule has 4 aliphatic rings. The van der Waals surface area contributed by atoms with E-state index in [-0.39, 0.29) is 35.6 Å². The highest BCUT2D eigenvalue weighted by atomic mass is 19.4. The van der Waals surface area contributed by atoms with Crippen LogP contribution in [0.1, 0.15) is 76.9 Å². The average molecular weight is 439 g/mol. The van der Waals surface area contributed by atoms with Crippen molar-refractivity contribution in [2.75, 3.05) is 18.4 Å². The molecular formula is C23H33F3N4O. The lowest BCUT2D eigenvalue weighted by Crippen LogP contribution is -2.44. The molecule has 172 valence electrons. The Kier molecular flexibility index (Phi) is 4.87. The molecule has 8 heteroatoms.